The molecule has 0 spiro atoms. The number of hydrogen-bond acceptors (Lipinski definition) is 2. The first-order valence-corrected chi connectivity index (χ1v) is 9.52. The van der Waals surface area contributed by atoms with E-state index >= 15 is 0 Å². The summed E-state index contributed by atoms with van der Waals surface area (Å²) in [5, 5.41) is 6.13. The summed E-state index contributed by atoms with van der Waals surface area (Å²) >= 11 is 3.79. The van der Waals surface area contributed by atoms with Gasteiger partial charge in [-0.3, -0.25) is 0 Å². The number of benzene rings is 2. The van der Waals surface area contributed by atoms with Crippen molar-refractivity contribution in [2.75, 3.05) is 5.32 Å². The Hall–Kier alpha value is -1.87. The highest BCUT2D eigenvalue weighted by Crippen LogP contribution is 2.37. The maximum absolute atomic E-state index is 5.01. The lowest BCUT2D eigenvalue weighted by atomic mass is 9.95. The fraction of sp³-hybridized carbons (Fsp3) is 0.286. The zero-order valence-electron chi connectivity index (χ0n) is 13.6. The van der Waals surface area contributed by atoms with Crippen molar-refractivity contribution in [2.45, 2.75) is 38.1 Å². The number of pyridine rings is 1. The van der Waals surface area contributed by atoms with E-state index in [1.54, 1.807) is 0 Å². The maximum Gasteiger partial charge on any atom is 0.134 e. The van der Waals surface area contributed by atoms with Gasteiger partial charge in [-0.2, -0.15) is 0 Å². The molecular weight excluding hydrogens is 360 g/mol. The van der Waals surface area contributed by atoms with Gasteiger partial charge in [-0.15, -0.1) is 0 Å². The van der Waals surface area contributed by atoms with Crippen molar-refractivity contribution in [3.05, 3.63) is 59.1 Å². The normalized spacial score (nSPS) is 15.5. The van der Waals surface area contributed by atoms with Gasteiger partial charge in [0.1, 0.15) is 5.82 Å². The van der Waals surface area contributed by atoms with Gasteiger partial charge >= 0.3 is 0 Å². The van der Waals surface area contributed by atoms with Crippen LogP contribution in [0.25, 0.3) is 22.0 Å². The van der Waals surface area contributed by atoms with Gasteiger partial charge in [0.15, 0.2) is 0 Å². The second-order valence-electron chi connectivity index (χ2n) is 6.51. The molecule has 1 aliphatic carbocycles. The van der Waals surface area contributed by atoms with Crippen LogP contribution in [0.4, 0.5) is 5.82 Å². The Kier molecular flexibility index (Phi) is 4.52. The van der Waals surface area contributed by atoms with E-state index in [-0.39, 0.29) is 0 Å². The second kappa shape index (κ2) is 6.94. The van der Waals surface area contributed by atoms with E-state index in [9.17, 15) is 0 Å². The summed E-state index contributed by atoms with van der Waals surface area (Å²) in [6.07, 6.45) is 6.48. The molecule has 0 unspecified atom stereocenters. The van der Waals surface area contributed by atoms with E-state index in [2.05, 4.69) is 69.8 Å². The van der Waals surface area contributed by atoms with Gasteiger partial charge in [-0.05, 0) is 28.8 Å². The Labute approximate surface area is 151 Å². The number of nitrogens with zero attached hydrogens (tertiary/aromatic N) is 1. The minimum Gasteiger partial charge on any atom is -0.367 e. The molecule has 0 radical (unpaired) electrons. The quantitative estimate of drug-likeness (QED) is 0.567. The van der Waals surface area contributed by atoms with Crippen molar-refractivity contribution >= 4 is 32.5 Å². The largest absolute Gasteiger partial charge is 0.367 e. The third-order valence-electron chi connectivity index (χ3n) is 4.84. The van der Waals surface area contributed by atoms with Crippen molar-refractivity contribution in [1.29, 1.82) is 0 Å². The van der Waals surface area contributed by atoms with Crippen molar-refractivity contribution in [3.63, 3.8) is 0 Å². The van der Waals surface area contributed by atoms with Gasteiger partial charge in [0.2, 0.25) is 0 Å². The highest BCUT2D eigenvalue weighted by Gasteiger charge is 2.18. The molecule has 122 valence electrons. The van der Waals surface area contributed by atoms with Crippen LogP contribution in [0.3, 0.4) is 0 Å². The Morgan fingerprint density at radius 2 is 1.50 bits per heavy atom. The van der Waals surface area contributed by atoms with Gasteiger partial charge in [0, 0.05) is 22.4 Å². The fourth-order valence-corrected chi connectivity index (χ4v) is 4.23. The van der Waals surface area contributed by atoms with Gasteiger partial charge in [-0.25, -0.2) is 4.98 Å². The highest BCUT2D eigenvalue weighted by molar-refractivity contribution is 9.10. The summed E-state index contributed by atoms with van der Waals surface area (Å²) in [4.78, 5) is 5.01. The average molecular weight is 381 g/mol. The summed E-state index contributed by atoms with van der Waals surface area (Å²) < 4.78 is 1.07. The number of fused-ring (bicyclic) bond motifs is 1. The summed E-state index contributed by atoms with van der Waals surface area (Å²) in [5.74, 6) is 1.01. The van der Waals surface area contributed by atoms with Gasteiger partial charge < -0.3 is 5.32 Å². The number of nitrogens with one attached hydrogen (secondary N) is 1. The van der Waals surface area contributed by atoms with Crippen LogP contribution in [0, 0.1) is 0 Å². The molecule has 1 fully saturated rings. The van der Waals surface area contributed by atoms with Crippen LogP contribution in [-0.2, 0) is 0 Å². The number of rotatable bonds is 3. The molecular formula is C21H21BrN2. The van der Waals surface area contributed by atoms with E-state index in [1.165, 1.54) is 42.9 Å². The first-order chi connectivity index (χ1) is 11.8. The molecule has 0 saturated heterocycles. The molecule has 2 aromatic carbocycles. The molecule has 1 aliphatic rings. The zero-order chi connectivity index (χ0) is 16.4. The van der Waals surface area contributed by atoms with Crippen molar-refractivity contribution in [3.8, 4) is 11.3 Å². The summed E-state index contributed by atoms with van der Waals surface area (Å²) in [6.45, 7) is 0. The third kappa shape index (κ3) is 3.05. The molecule has 0 atom stereocenters. The molecule has 1 heterocycles. The third-order valence-corrected chi connectivity index (χ3v) is 5.65. The Morgan fingerprint density at radius 3 is 2.25 bits per heavy atom. The molecule has 1 N–H and O–H groups in total. The standard InChI is InChI=1S/C21H21BrN2/c22-19-17-13-7-8-14-18(17)21(23-16-11-5-2-6-12-16)24-20(19)15-9-3-1-4-10-15/h1,3-4,7-10,13-14,16H,2,5-6,11-12H2,(H,23,24). The number of halogens is 1. The monoisotopic (exact) mass is 380 g/mol. The molecule has 2 nitrogen and oxygen atoms in total. The van der Waals surface area contributed by atoms with E-state index in [1.807, 2.05) is 6.07 Å². The fourth-order valence-electron chi connectivity index (χ4n) is 3.57. The minimum atomic E-state index is 0.541. The van der Waals surface area contributed by atoms with Crippen LogP contribution < -0.4 is 5.32 Å². The average Bonchev–Trinajstić information content (AvgIpc) is 2.66. The number of anilines is 1. The number of aromatic nitrogens is 1. The summed E-state index contributed by atoms with van der Waals surface area (Å²) in [7, 11) is 0. The molecule has 3 heteroatoms. The van der Waals surface area contributed by atoms with Gasteiger partial charge in [0.05, 0.1) is 10.2 Å². The molecule has 0 amide bonds. The van der Waals surface area contributed by atoms with Crippen LogP contribution in [0.5, 0.6) is 0 Å². The minimum absolute atomic E-state index is 0.541. The molecule has 1 aromatic heterocycles. The van der Waals surface area contributed by atoms with Gasteiger partial charge in [0.25, 0.3) is 0 Å². The Bertz CT molecular complexity index is 839. The first-order valence-electron chi connectivity index (χ1n) is 8.73. The van der Waals surface area contributed by atoms with E-state index in [0.29, 0.717) is 6.04 Å². The van der Waals surface area contributed by atoms with Crippen molar-refractivity contribution in [1.82, 2.24) is 4.98 Å². The highest BCUT2D eigenvalue weighted by atomic mass is 79.9. The van der Waals surface area contributed by atoms with E-state index in [4.69, 9.17) is 4.98 Å². The first kappa shape index (κ1) is 15.6. The van der Waals surface area contributed by atoms with Crippen molar-refractivity contribution < 1.29 is 0 Å². The second-order valence-corrected chi connectivity index (χ2v) is 7.31. The molecule has 0 aliphatic heterocycles. The summed E-state index contributed by atoms with van der Waals surface area (Å²) in [5.41, 5.74) is 2.15. The number of hydrogen-bond donors (Lipinski definition) is 1. The predicted octanol–water partition coefficient (Wildman–Crippen LogP) is 6.41. The van der Waals surface area contributed by atoms with Crippen LogP contribution in [0.2, 0.25) is 0 Å². The SMILES string of the molecule is Brc1c(-c2ccccc2)nc(NC2CCCCC2)c2ccccc12. The predicted molar refractivity (Wildman–Crippen MR) is 105 cm³/mol. The zero-order valence-corrected chi connectivity index (χ0v) is 15.2. The van der Waals surface area contributed by atoms with E-state index in [0.717, 1.165) is 21.5 Å². The molecule has 1 saturated carbocycles. The van der Waals surface area contributed by atoms with Crippen LogP contribution in [0.15, 0.2) is 59.1 Å². The maximum atomic E-state index is 5.01. The summed E-state index contributed by atoms with van der Waals surface area (Å²) in [6, 6.07) is 19.4. The molecule has 3 aromatic rings. The Balaban J connectivity index is 1.83. The lowest BCUT2D eigenvalue weighted by Gasteiger charge is -2.24. The topological polar surface area (TPSA) is 24.9 Å². The van der Waals surface area contributed by atoms with Crippen LogP contribution in [0.1, 0.15) is 32.1 Å². The van der Waals surface area contributed by atoms with Crippen LogP contribution >= 0.6 is 15.9 Å². The lowest BCUT2D eigenvalue weighted by molar-refractivity contribution is 0.462. The van der Waals surface area contributed by atoms with Crippen molar-refractivity contribution in [2.24, 2.45) is 0 Å². The Morgan fingerprint density at radius 1 is 0.833 bits per heavy atom. The molecule has 24 heavy (non-hydrogen) atoms. The molecule has 0 bridgehead atoms. The smallest absolute Gasteiger partial charge is 0.134 e. The van der Waals surface area contributed by atoms with E-state index < -0.39 is 0 Å². The van der Waals surface area contributed by atoms with Crippen LogP contribution in [-0.4, -0.2) is 11.0 Å². The lowest BCUT2D eigenvalue weighted by Crippen LogP contribution is -2.23. The molecule has 4 rings (SSSR count). The van der Waals surface area contributed by atoms with Gasteiger partial charge in [-0.1, -0.05) is 73.9 Å².